The Morgan fingerprint density at radius 1 is 1.11 bits per heavy atom. The average Bonchev–Trinajstić information content (AvgIpc) is 3.21. The lowest BCUT2D eigenvalue weighted by atomic mass is 10.2. The van der Waals surface area contributed by atoms with Crippen LogP contribution < -0.4 is 15.5 Å². The zero-order valence-electron chi connectivity index (χ0n) is 15.7. The van der Waals surface area contributed by atoms with Gasteiger partial charge in [-0.3, -0.25) is 4.98 Å². The largest absolute Gasteiger partial charge is 0.370 e. The Balaban J connectivity index is 1.54. The molecule has 0 spiro atoms. The molecule has 0 unspecified atom stereocenters. The number of likely N-dealkylation sites (N-methyl/N-ethyl adjacent to an activating group) is 1. The van der Waals surface area contributed by atoms with Crippen LogP contribution in [0.3, 0.4) is 0 Å². The minimum absolute atomic E-state index is 0.314. The summed E-state index contributed by atoms with van der Waals surface area (Å²) in [6.45, 7) is 4.58. The molecule has 0 saturated heterocycles. The monoisotopic (exact) mass is 360 g/mol. The summed E-state index contributed by atoms with van der Waals surface area (Å²) < 4.78 is 0. The molecule has 6 nitrogen and oxygen atoms in total. The molecule has 0 amide bonds. The van der Waals surface area contributed by atoms with Crippen molar-refractivity contribution in [3.63, 3.8) is 0 Å². The molecule has 6 heteroatoms. The van der Waals surface area contributed by atoms with Crippen LogP contribution in [-0.2, 0) is 13.1 Å². The van der Waals surface area contributed by atoms with E-state index in [9.17, 15) is 0 Å². The second-order valence-corrected chi connectivity index (χ2v) is 6.84. The third-order valence-corrected chi connectivity index (χ3v) is 5.00. The summed E-state index contributed by atoms with van der Waals surface area (Å²) in [5.74, 6) is 1.63. The molecule has 1 aliphatic rings. The number of para-hydroxylation sites is 1. The van der Waals surface area contributed by atoms with Gasteiger partial charge in [0.25, 0.3) is 0 Å². The first-order valence-corrected chi connectivity index (χ1v) is 9.25. The first kappa shape index (κ1) is 17.4. The Bertz CT molecular complexity index is 897. The summed E-state index contributed by atoms with van der Waals surface area (Å²) in [5, 5.41) is 6.93. The second kappa shape index (κ2) is 7.72. The third kappa shape index (κ3) is 3.75. The SMILES string of the molecule is C[C@H](CNc1nc(-c2cccnc2)nc2c1CNC2)N(C)c1ccccc1. The van der Waals surface area contributed by atoms with Crippen molar-refractivity contribution >= 4 is 11.5 Å². The number of pyridine rings is 1. The summed E-state index contributed by atoms with van der Waals surface area (Å²) in [5.41, 5.74) is 4.37. The fraction of sp³-hybridized carbons (Fsp3) is 0.286. The molecule has 138 valence electrons. The standard InChI is InChI=1S/C21H24N6/c1-15(27(2)17-8-4-3-5-9-17)11-24-21-18-13-23-14-19(18)25-20(26-21)16-7-6-10-22-12-16/h3-10,12,15,23H,11,13-14H2,1-2H3,(H,24,25,26)/t15-/m1/s1. The van der Waals surface area contributed by atoms with E-state index in [0.29, 0.717) is 6.04 Å². The van der Waals surface area contributed by atoms with Gasteiger partial charge in [-0.1, -0.05) is 18.2 Å². The maximum Gasteiger partial charge on any atom is 0.163 e. The highest BCUT2D eigenvalue weighted by atomic mass is 15.2. The Hall–Kier alpha value is -2.99. The normalized spacial score (nSPS) is 13.9. The van der Waals surface area contributed by atoms with E-state index in [4.69, 9.17) is 9.97 Å². The molecular formula is C21H24N6. The zero-order chi connectivity index (χ0) is 18.6. The van der Waals surface area contributed by atoms with Crippen molar-refractivity contribution in [3.05, 3.63) is 66.1 Å². The van der Waals surface area contributed by atoms with Crippen LogP contribution in [-0.4, -0.2) is 34.6 Å². The van der Waals surface area contributed by atoms with Gasteiger partial charge in [0, 0.05) is 61.9 Å². The van der Waals surface area contributed by atoms with Gasteiger partial charge in [0.05, 0.1) is 5.69 Å². The first-order chi connectivity index (χ1) is 13.2. The van der Waals surface area contributed by atoms with E-state index in [1.807, 2.05) is 18.2 Å². The van der Waals surface area contributed by atoms with Crippen LogP contribution in [0.5, 0.6) is 0 Å². The number of benzene rings is 1. The van der Waals surface area contributed by atoms with Crippen molar-refractivity contribution in [1.29, 1.82) is 0 Å². The van der Waals surface area contributed by atoms with Crippen molar-refractivity contribution in [2.75, 3.05) is 23.8 Å². The lowest BCUT2D eigenvalue weighted by molar-refractivity contribution is 0.713. The van der Waals surface area contributed by atoms with Gasteiger partial charge in [-0.15, -0.1) is 0 Å². The lowest BCUT2D eigenvalue weighted by Gasteiger charge is -2.27. The number of aromatic nitrogens is 3. The van der Waals surface area contributed by atoms with Crippen LogP contribution in [0.1, 0.15) is 18.2 Å². The van der Waals surface area contributed by atoms with Crippen molar-refractivity contribution in [1.82, 2.24) is 20.3 Å². The minimum atomic E-state index is 0.314. The molecule has 0 bridgehead atoms. The Labute approximate surface area is 159 Å². The fourth-order valence-corrected chi connectivity index (χ4v) is 3.24. The number of anilines is 2. The maximum absolute atomic E-state index is 4.80. The Morgan fingerprint density at radius 2 is 1.96 bits per heavy atom. The van der Waals surface area contributed by atoms with Crippen molar-refractivity contribution in [2.45, 2.75) is 26.1 Å². The zero-order valence-corrected chi connectivity index (χ0v) is 15.7. The van der Waals surface area contributed by atoms with Gasteiger partial charge < -0.3 is 15.5 Å². The van der Waals surface area contributed by atoms with Crippen molar-refractivity contribution in [3.8, 4) is 11.4 Å². The topological polar surface area (TPSA) is 66.0 Å². The molecule has 2 N–H and O–H groups in total. The van der Waals surface area contributed by atoms with Crippen LogP contribution in [0.4, 0.5) is 11.5 Å². The molecule has 2 aromatic heterocycles. The molecule has 3 aromatic rings. The molecule has 3 heterocycles. The van der Waals surface area contributed by atoms with E-state index in [1.54, 1.807) is 12.4 Å². The van der Waals surface area contributed by atoms with Gasteiger partial charge >= 0.3 is 0 Å². The average molecular weight is 360 g/mol. The highest BCUT2D eigenvalue weighted by molar-refractivity contribution is 5.60. The van der Waals surface area contributed by atoms with E-state index >= 15 is 0 Å². The minimum Gasteiger partial charge on any atom is -0.370 e. The van der Waals surface area contributed by atoms with Gasteiger partial charge in [-0.25, -0.2) is 9.97 Å². The smallest absolute Gasteiger partial charge is 0.163 e. The van der Waals surface area contributed by atoms with Crippen LogP contribution >= 0.6 is 0 Å². The van der Waals surface area contributed by atoms with E-state index in [0.717, 1.165) is 48.1 Å². The molecule has 0 radical (unpaired) electrons. The fourth-order valence-electron chi connectivity index (χ4n) is 3.24. The van der Waals surface area contributed by atoms with Crippen LogP contribution in [0, 0.1) is 0 Å². The van der Waals surface area contributed by atoms with Crippen molar-refractivity contribution < 1.29 is 0 Å². The molecule has 0 saturated carbocycles. The summed E-state index contributed by atoms with van der Waals surface area (Å²) >= 11 is 0. The van der Waals surface area contributed by atoms with Crippen LogP contribution in [0.2, 0.25) is 0 Å². The summed E-state index contributed by atoms with van der Waals surface area (Å²) in [4.78, 5) is 16.0. The molecule has 0 fully saturated rings. The van der Waals surface area contributed by atoms with E-state index in [1.165, 1.54) is 5.69 Å². The van der Waals surface area contributed by atoms with Gasteiger partial charge in [0.1, 0.15) is 5.82 Å². The van der Waals surface area contributed by atoms with E-state index < -0.39 is 0 Å². The number of fused-ring (bicyclic) bond motifs is 1. The maximum atomic E-state index is 4.80. The first-order valence-electron chi connectivity index (χ1n) is 9.25. The summed E-state index contributed by atoms with van der Waals surface area (Å²) in [6, 6.07) is 14.6. The molecule has 1 aliphatic heterocycles. The molecule has 1 aromatic carbocycles. The number of hydrogen-bond acceptors (Lipinski definition) is 6. The lowest BCUT2D eigenvalue weighted by Crippen LogP contribution is -2.35. The van der Waals surface area contributed by atoms with Crippen LogP contribution in [0.15, 0.2) is 54.9 Å². The summed E-state index contributed by atoms with van der Waals surface area (Å²) in [7, 11) is 2.12. The predicted octanol–water partition coefficient (Wildman–Crippen LogP) is 3.08. The molecule has 1 atom stereocenters. The molecule has 27 heavy (non-hydrogen) atoms. The number of rotatable bonds is 6. The Morgan fingerprint density at radius 3 is 2.74 bits per heavy atom. The predicted molar refractivity (Wildman–Crippen MR) is 109 cm³/mol. The van der Waals surface area contributed by atoms with Crippen LogP contribution in [0.25, 0.3) is 11.4 Å². The number of hydrogen-bond donors (Lipinski definition) is 2. The van der Waals surface area contributed by atoms with Gasteiger partial charge in [0.2, 0.25) is 0 Å². The number of nitrogens with one attached hydrogen (secondary N) is 2. The van der Waals surface area contributed by atoms with Crippen molar-refractivity contribution in [2.24, 2.45) is 0 Å². The highest BCUT2D eigenvalue weighted by Gasteiger charge is 2.20. The van der Waals surface area contributed by atoms with Gasteiger partial charge in [0.15, 0.2) is 5.82 Å². The third-order valence-electron chi connectivity index (χ3n) is 5.00. The number of nitrogens with zero attached hydrogens (tertiary/aromatic N) is 4. The summed E-state index contributed by atoms with van der Waals surface area (Å²) in [6.07, 6.45) is 3.57. The quantitative estimate of drug-likeness (QED) is 0.704. The van der Waals surface area contributed by atoms with E-state index in [-0.39, 0.29) is 0 Å². The van der Waals surface area contributed by atoms with Gasteiger partial charge in [-0.2, -0.15) is 0 Å². The highest BCUT2D eigenvalue weighted by Crippen LogP contribution is 2.25. The van der Waals surface area contributed by atoms with Gasteiger partial charge in [-0.05, 0) is 31.2 Å². The Kier molecular flexibility index (Phi) is 4.98. The second-order valence-electron chi connectivity index (χ2n) is 6.84. The molecular weight excluding hydrogens is 336 g/mol. The van der Waals surface area contributed by atoms with E-state index in [2.05, 4.69) is 58.8 Å². The molecule has 4 rings (SSSR count). The molecule has 0 aliphatic carbocycles.